The van der Waals surface area contributed by atoms with E-state index in [0.717, 1.165) is 39.8 Å². The van der Waals surface area contributed by atoms with Gasteiger partial charge in [-0.05, 0) is 98.3 Å². The molecule has 0 saturated heterocycles. The number of carbonyl (C=O) groups is 3. The molecule has 3 aromatic carbocycles. The molecule has 1 aliphatic rings. The second-order valence-electron chi connectivity index (χ2n) is 12.0. The highest BCUT2D eigenvalue weighted by molar-refractivity contribution is 9.10. The van der Waals surface area contributed by atoms with Crippen LogP contribution in [0.15, 0.2) is 110 Å². The SMILES string of the molecule is C[C@@H]1CCc2c(sc(NC(=O)[C@@H](C)Sc3ccc(NC(=O)/C(=C/c4ccc(-c5ccc(Br)cc5)o4)NC(=O)c4ccccc4)cc3)c2C#N)C1. The van der Waals surface area contributed by atoms with Crippen molar-refractivity contribution < 1.29 is 18.8 Å². The Bertz CT molecular complexity index is 2100. The van der Waals surface area contributed by atoms with Gasteiger partial charge >= 0.3 is 0 Å². The number of halogens is 1. The Morgan fingerprint density at radius 3 is 2.46 bits per heavy atom. The zero-order valence-corrected chi connectivity index (χ0v) is 30.5. The number of benzene rings is 3. The predicted molar refractivity (Wildman–Crippen MR) is 203 cm³/mol. The van der Waals surface area contributed by atoms with Gasteiger partial charge in [-0.3, -0.25) is 14.4 Å². The van der Waals surface area contributed by atoms with Gasteiger partial charge in [0.25, 0.3) is 11.8 Å². The van der Waals surface area contributed by atoms with Gasteiger partial charge in [0.1, 0.15) is 28.3 Å². The van der Waals surface area contributed by atoms with E-state index in [0.29, 0.717) is 39.3 Å². The Morgan fingerprint density at radius 2 is 1.74 bits per heavy atom. The number of anilines is 2. The molecule has 50 heavy (non-hydrogen) atoms. The Labute approximate surface area is 307 Å². The quantitative estimate of drug-likeness (QED) is 0.0962. The van der Waals surface area contributed by atoms with Crippen LogP contribution >= 0.6 is 39.0 Å². The van der Waals surface area contributed by atoms with Crippen LogP contribution in [0.25, 0.3) is 17.4 Å². The fourth-order valence-corrected chi connectivity index (χ4v) is 8.02. The lowest BCUT2D eigenvalue weighted by Gasteiger charge is -2.17. The van der Waals surface area contributed by atoms with E-state index in [4.69, 9.17) is 4.42 Å². The number of amides is 3. The van der Waals surface area contributed by atoms with Crippen molar-refractivity contribution in [2.45, 2.75) is 43.3 Å². The fourth-order valence-electron chi connectivity index (χ4n) is 5.53. The van der Waals surface area contributed by atoms with Crippen molar-refractivity contribution in [2.75, 3.05) is 10.6 Å². The molecular formula is C39H33BrN4O4S2. The number of rotatable bonds is 10. The topological polar surface area (TPSA) is 124 Å². The van der Waals surface area contributed by atoms with Crippen LogP contribution in [0.3, 0.4) is 0 Å². The van der Waals surface area contributed by atoms with Crippen LogP contribution in [0, 0.1) is 17.2 Å². The lowest BCUT2D eigenvalue weighted by molar-refractivity contribution is -0.115. The maximum absolute atomic E-state index is 13.5. The highest BCUT2D eigenvalue weighted by atomic mass is 79.9. The lowest BCUT2D eigenvalue weighted by Crippen LogP contribution is -2.30. The zero-order chi connectivity index (χ0) is 35.2. The Morgan fingerprint density at radius 1 is 1.00 bits per heavy atom. The first-order chi connectivity index (χ1) is 24.2. The first-order valence-electron chi connectivity index (χ1n) is 16.0. The highest BCUT2D eigenvalue weighted by Crippen LogP contribution is 2.39. The summed E-state index contributed by atoms with van der Waals surface area (Å²) in [6.45, 7) is 4.03. The van der Waals surface area contributed by atoms with E-state index in [2.05, 4.69) is 44.9 Å². The molecule has 2 aromatic heterocycles. The normalized spacial score (nSPS) is 14.6. The second kappa shape index (κ2) is 15.8. The van der Waals surface area contributed by atoms with Crippen molar-refractivity contribution in [1.82, 2.24) is 5.32 Å². The number of carbonyl (C=O) groups excluding carboxylic acids is 3. The van der Waals surface area contributed by atoms with Crippen LogP contribution in [-0.4, -0.2) is 23.0 Å². The Balaban J connectivity index is 1.13. The summed E-state index contributed by atoms with van der Waals surface area (Å²) < 4.78 is 6.95. The largest absolute Gasteiger partial charge is 0.457 e. The first kappa shape index (κ1) is 35.0. The molecule has 0 fully saturated rings. The Kier molecular flexibility index (Phi) is 11.0. The van der Waals surface area contributed by atoms with E-state index in [9.17, 15) is 19.6 Å². The molecule has 2 heterocycles. The molecule has 3 amide bonds. The maximum Gasteiger partial charge on any atom is 0.272 e. The summed E-state index contributed by atoms with van der Waals surface area (Å²) in [6, 6.07) is 29.2. The van der Waals surface area contributed by atoms with E-state index in [1.807, 2.05) is 49.4 Å². The number of furan rings is 1. The number of thiophene rings is 1. The zero-order valence-electron chi connectivity index (χ0n) is 27.3. The number of hydrogen-bond acceptors (Lipinski definition) is 7. The van der Waals surface area contributed by atoms with Gasteiger partial charge in [-0.25, -0.2) is 0 Å². The summed E-state index contributed by atoms with van der Waals surface area (Å²) >= 11 is 6.32. The standard InChI is InChI=1S/C39H33BrN4O4S2/c1-23-8-18-31-32(22-41)39(50-35(31)20-23)44-36(45)24(2)49-30-16-13-28(14-17-30)42-38(47)33(43-37(46)26-6-4-3-5-7-26)21-29-15-19-34(48-29)25-9-11-27(40)12-10-25/h3-7,9-17,19,21,23-24H,8,18,20H2,1-2H3,(H,42,47)(H,43,46)(H,44,45)/b33-21-/t23-,24-/m1/s1. The average Bonchev–Trinajstić information content (AvgIpc) is 3.73. The van der Waals surface area contributed by atoms with Crippen molar-refractivity contribution in [2.24, 2.45) is 5.92 Å². The third-order valence-electron chi connectivity index (χ3n) is 8.23. The van der Waals surface area contributed by atoms with Gasteiger partial charge in [0, 0.05) is 37.1 Å². The van der Waals surface area contributed by atoms with Crippen LogP contribution < -0.4 is 16.0 Å². The van der Waals surface area contributed by atoms with Gasteiger partial charge in [0.05, 0.1) is 10.8 Å². The predicted octanol–water partition coefficient (Wildman–Crippen LogP) is 9.30. The van der Waals surface area contributed by atoms with Gasteiger partial charge in [0.15, 0.2) is 0 Å². The third-order valence-corrected chi connectivity index (χ3v) is 11.0. The molecular weight excluding hydrogens is 732 g/mol. The molecule has 0 radical (unpaired) electrons. The van der Waals surface area contributed by atoms with Crippen molar-refractivity contribution in [3.8, 4) is 17.4 Å². The number of hydrogen-bond donors (Lipinski definition) is 3. The summed E-state index contributed by atoms with van der Waals surface area (Å²) in [4.78, 5) is 41.8. The van der Waals surface area contributed by atoms with E-state index in [1.165, 1.54) is 34.1 Å². The van der Waals surface area contributed by atoms with E-state index < -0.39 is 17.1 Å². The Hall–Kier alpha value is -4.89. The van der Waals surface area contributed by atoms with Crippen LogP contribution in [-0.2, 0) is 22.4 Å². The minimum atomic E-state index is -0.537. The van der Waals surface area contributed by atoms with Crippen LogP contribution in [0.5, 0.6) is 0 Å². The molecule has 0 aliphatic heterocycles. The van der Waals surface area contributed by atoms with Crippen LogP contribution in [0.4, 0.5) is 10.7 Å². The van der Waals surface area contributed by atoms with Crippen molar-refractivity contribution in [1.29, 1.82) is 5.26 Å². The second-order valence-corrected chi connectivity index (χ2v) is 15.4. The number of fused-ring (bicyclic) bond motifs is 1. The number of thioether (sulfide) groups is 1. The molecule has 1 aliphatic carbocycles. The maximum atomic E-state index is 13.5. The van der Waals surface area contributed by atoms with E-state index in [-0.39, 0.29) is 11.6 Å². The molecule has 0 spiro atoms. The van der Waals surface area contributed by atoms with E-state index in [1.54, 1.807) is 48.5 Å². The summed E-state index contributed by atoms with van der Waals surface area (Å²) in [5.41, 5.74) is 3.44. The van der Waals surface area contributed by atoms with E-state index >= 15 is 0 Å². The first-order valence-corrected chi connectivity index (χ1v) is 18.5. The highest BCUT2D eigenvalue weighted by Gasteiger charge is 2.26. The molecule has 252 valence electrons. The monoisotopic (exact) mass is 764 g/mol. The fraction of sp³-hybridized carbons (Fsp3) is 0.179. The summed E-state index contributed by atoms with van der Waals surface area (Å²) in [6.07, 6.45) is 4.34. The molecule has 3 N–H and O–H groups in total. The number of nitriles is 1. The average molecular weight is 766 g/mol. The van der Waals surface area contributed by atoms with Crippen molar-refractivity contribution in [3.63, 3.8) is 0 Å². The lowest BCUT2D eigenvalue weighted by atomic mass is 9.89. The van der Waals surface area contributed by atoms with Crippen LogP contribution in [0.1, 0.15) is 52.4 Å². The molecule has 8 nitrogen and oxygen atoms in total. The summed E-state index contributed by atoms with van der Waals surface area (Å²) in [7, 11) is 0. The molecule has 5 aromatic rings. The van der Waals surface area contributed by atoms with Gasteiger partial charge in [-0.1, -0.05) is 53.2 Å². The van der Waals surface area contributed by atoms with Gasteiger partial charge in [-0.2, -0.15) is 5.26 Å². The number of nitrogens with zero attached hydrogens (tertiary/aromatic N) is 1. The molecule has 0 bridgehead atoms. The molecule has 6 rings (SSSR count). The minimum absolute atomic E-state index is 0.000701. The summed E-state index contributed by atoms with van der Waals surface area (Å²) in [5, 5.41) is 18.6. The van der Waals surface area contributed by atoms with Gasteiger partial charge in [-0.15, -0.1) is 23.1 Å². The van der Waals surface area contributed by atoms with Gasteiger partial charge in [0.2, 0.25) is 5.91 Å². The summed E-state index contributed by atoms with van der Waals surface area (Å²) in [5.74, 6) is 0.417. The third kappa shape index (κ3) is 8.45. The van der Waals surface area contributed by atoms with Crippen LogP contribution in [0.2, 0.25) is 0 Å². The van der Waals surface area contributed by atoms with Gasteiger partial charge < -0.3 is 20.4 Å². The van der Waals surface area contributed by atoms with Crippen molar-refractivity contribution >= 4 is 73.5 Å². The smallest absolute Gasteiger partial charge is 0.272 e. The molecule has 0 unspecified atom stereocenters. The number of nitrogens with one attached hydrogen (secondary N) is 3. The molecule has 2 atom stereocenters. The molecule has 0 saturated carbocycles. The van der Waals surface area contributed by atoms with Crippen molar-refractivity contribution in [3.05, 3.63) is 128 Å². The minimum Gasteiger partial charge on any atom is -0.457 e. The molecule has 11 heteroatoms.